The van der Waals surface area contributed by atoms with Crippen LogP contribution in [0.1, 0.15) is 38.3 Å². The van der Waals surface area contributed by atoms with Crippen LogP contribution in [-0.2, 0) is 26.2 Å². The van der Waals surface area contributed by atoms with Crippen molar-refractivity contribution < 1.29 is 18.0 Å². The van der Waals surface area contributed by atoms with Gasteiger partial charge < -0.3 is 10.2 Å². The van der Waals surface area contributed by atoms with E-state index in [1.54, 1.807) is 43.3 Å². The summed E-state index contributed by atoms with van der Waals surface area (Å²) in [6.45, 7) is 7.71. The smallest absolute Gasteiger partial charge is 0.264 e. The molecule has 0 aliphatic carbocycles. The van der Waals surface area contributed by atoms with Crippen LogP contribution in [0.4, 0.5) is 5.69 Å². The van der Waals surface area contributed by atoms with Crippen LogP contribution in [0, 0.1) is 12.8 Å². The predicted octanol–water partition coefficient (Wildman–Crippen LogP) is 5.42. The molecule has 208 valence electrons. The Morgan fingerprint density at radius 3 is 2.15 bits per heavy atom. The van der Waals surface area contributed by atoms with Gasteiger partial charge >= 0.3 is 0 Å². The van der Waals surface area contributed by atoms with E-state index in [0.29, 0.717) is 29.2 Å². The summed E-state index contributed by atoms with van der Waals surface area (Å²) in [6.07, 6.45) is 0.365. The Hall–Kier alpha value is -3.36. The van der Waals surface area contributed by atoms with Crippen LogP contribution in [0.25, 0.3) is 0 Å². The molecule has 2 amide bonds. The predicted molar refractivity (Wildman–Crippen MR) is 156 cm³/mol. The van der Waals surface area contributed by atoms with Gasteiger partial charge in [-0.3, -0.25) is 13.9 Å². The summed E-state index contributed by atoms with van der Waals surface area (Å²) >= 11 is 6.27. The van der Waals surface area contributed by atoms with Gasteiger partial charge in [0.25, 0.3) is 10.0 Å². The van der Waals surface area contributed by atoms with Crippen LogP contribution in [0.15, 0.2) is 83.8 Å². The van der Waals surface area contributed by atoms with E-state index in [9.17, 15) is 18.0 Å². The zero-order valence-electron chi connectivity index (χ0n) is 22.8. The number of anilines is 1. The maximum atomic E-state index is 14.1. The molecule has 0 fully saturated rings. The number of nitrogens with one attached hydrogen (secondary N) is 1. The first-order chi connectivity index (χ1) is 18.5. The van der Waals surface area contributed by atoms with Crippen LogP contribution in [0.3, 0.4) is 0 Å². The van der Waals surface area contributed by atoms with Gasteiger partial charge in [0.1, 0.15) is 12.6 Å². The molecule has 7 nitrogen and oxygen atoms in total. The summed E-state index contributed by atoms with van der Waals surface area (Å²) < 4.78 is 28.9. The summed E-state index contributed by atoms with van der Waals surface area (Å²) in [6, 6.07) is 21.4. The van der Waals surface area contributed by atoms with Crippen LogP contribution in [0.2, 0.25) is 5.02 Å². The number of nitrogens with zero attached hydrogens (tertiary/aromatic N) is 2. The SMILES string of the molecule is CCC(C(=O)NCC(C)C)N(Cc1ccccc1)C(=O)CN(c1cc(Cl)ccc1C)S(=O)(=O)c1ccccc1. The van der Waals surface area contributed by atoms with Gasteiger partial charge in [0.2, 0.25) is 11.8 Å². The van der Waals surface area contributed by atoms with E-state index >= 15 is 0 Å². The molecule has 1 N–H and O–H groups in total. The molecule has 3 aromatic carbocycles. The van der Waals surface area contributed by atoms with Gasteiger partial charge in [-0.05, 0) is 54.7 Å². The summed E-state index contributed by atoms with van der Waals surface area (Å²) in [5, 5.41) is 3.27. The van der Waals surface area contributed by atoms with Crippen molar-refractivity contribution in [1.29, 1.82) is 0 Å². The Bertz CT molecular complexity index is 1370. The summed E-state index contributed by atoms with van der Waals surface area (Å²) in [7, 11) is -4.14. The molecule has 0 heterocycles. The second-order valence-corrected chi connectivity index (χ2v) is 12.1. The van der Waals surface area contributed by atoms with Gasteiger partial charge in [0.05, 0.1) is 10.6 Å². The van der Waals surface area contributed by atoms with Crippen molar-refractivity contribution >= 4 is 39.1 Å². The fraction of sp³-hybridized carbons (Fsp3) is 0.333. The van der Waals surface area contributed by atoms with Crippen molar-refractivity contribution in [3.8, 4) is 0 Å². The number of hydrogen-bond acceptors (Lipinski definition) is 4. The number of halogens is 1. The highest BCUT2D eigenvalue weighted by Gasteiger charge is 2.34. The maximum Gasteiger partial charge on any atom is 0.264 e. The van der Waals surface area contributed by atoms with E-state index < -0.39 is 28.5 Å². The molecule has 3 aromatic rings. The van der Waals surface area contributed by atoms with Crippen LogP contribution in [-0.4, -0.2) is 44.3 Å². The standard InChI is InChI=1S/C30H36ClN3O4S/c1-5-27(30(36)32-19-22(2)3)33(20-24-12-8-6-9-13-24)29(35)21-34(28-18-25(31)17-16-23(28)4)39(37,38)26-14-10-7-11-15-26/h6-18,22,27H,5,19-21H2,1-4H3,(H,32,36). The minimum atomic E-state index is -4.14. The number of aryl methyl sites for hydroxylation is 1. The van der Waals surface area contributed by atoms with E-state index in [1.807, 2.05) is 51.1 Å². The molecule has 0 saturated heterocycles. The first-order valence-electron chi connectivity index (χ1n) is 13.0. The van der Waals surface area contributed by atoms with E-state index in [4.69, 9.17) is 11.6 Å². The molecule has 0 saturated carbocycles. The van der Waals surface area contributed by atoms with E-state index in [-0.39, 0.29) is 23.3 Å². The lowest BCUT2D eigenvalue weighted by Crippen LogP contribution is -2.52. The zero-order chi connectivity index (χ0) is 28.6. The van der Waals surface area contributed by atoms with E-state index in [2.05, 4.69) is 5.32 Å². The molecular formula is C30H36ClN3O4S. The molecule has 1 unspecified atom stereocenters. The molecule has 3 rings (SSSR count). The number of sulfonamides is 1. The van der Waals surface area contributed by atoms with Crippen molar-refractivity contribution in [2.45, 2.75) is 51.6 Å². The minimum absolute atomic E-state index is 0.0495. The first-order valence-corrected chi connectivity index (χ1v) is 14.8. The normalized spacial score (nSPS) is 12.2. The quantitative estimate of drug-likeness (QED) is 0.315. The minimum Gasteiger partial charge on any atom is -0.354 e. The van der Waals surface area contributed by atoms with Gasteiger partial charge in [-0.2, -0.15) is 0 Å². The van der Waals surface area contributed by atoms with E-state index in [1.165, 1.54) is 17.0 Å². The molecule has 0 aliphatic heterocycles. The Balaban J connectivity index is 2.06. The van der Waals surface area contributed by atoms with Crippen molar-refractivity contribution in [1.82, 2.24) is 10.2 Å². The van der Waals surface area contributed by atoms with Crippen LogP contribution < -0.4 is 9.62 Å². The van der Waals surface area contributed by atoms with Gasteiger partial charge in [-0.15, -0.1) is 0 Å². The lowest BCUT2D eigenvalue weighted by Gasteiger charge is -2.33. The van der Waals surface area contributed by atoms with Crippen molar-refractivity contribution in [3.05, 3.63) is 95.0 Å². The third-order valence-corrected chi connectivity index (χ3v) is 8.33. The van der Waals surface area contributed by atoms with Gasteiger partial charge in [0, 0.05) is 18.1 Å². The van der Waals surface area contributed by atoms with Crippen LogP contribution in [0.5, 0.6) is 0 Å². The topological polar surface area (TPSA) is 86.8 Å². The maximum absolute atomic E-state index is 14.1. The number of benzene rings is 3. The first kappa shape index (κ1) is 30.2. The number of amides is 2. The fourth-order valence-electron chi connectivity index (χ4n) is 4.21. The molecule has 1 atom stereocenters. The second-order valence-electron chi connectivity index (χ2n) is 9.83. The summed E-state index contributed by atoms with van der Waals surface area (Å²) in [5.41, 5.74) is 1.78. The number of hydrogen-bond donors (Lipinski definition) is 1. The second kappa shape index (κ2) is 13.6. The molecule has 0 aromatic heterocycles. The van der Waals surface area contributed by atoms with E-state index in [0.717, 1.165) is 9.87 Å². The monoisotopic (exact) mass is 569 g/mol. The molecule has 0 radical (unpaired) electrons. The van der Waals surface area contributed by atoms with Crippen molar-refractivity contribution in [3.63, 3.8) is 0 Å². The number of rotatable bonds is 12. The average molecular weight is 570 g/mol. The Kier molecular flexibility index (Phi) is 10.5. The summed E-state index contributed by atoms with van der Waals surface area (Å²) in [5.74, 6) is -0.529. The number of carbonyl (C=O) groups is 2. The lowest BCUT2D eigenvalue weighted by molar-refractivity contribution is -0.140. The van der Waals surface area contributed by atoms with Gasteiger partial charge in [-0.1, -0.05) is 87.0 Å². The summed E-state index contributed by atoms with van der Waals surface area (Å²) in [4.78, 5) is 28.8. The van der Waals surface area contributed by atoms with Crippen LogP contribution >= 0.6 is 11.6 Å². The third-order valence-electron chi connectivity index (χ3n) is 6.32. The molecule has 9 heteroatoms. The third kappa shape index (κ3) is 7.83. The number of carbonyl (C=O) groups excluding carboxylic acids is 2. The molecule has 0 bridgehead atoms. The molecule has 0 aliphatic rings. The van der Waals surface area contributed by atoms with Gasteiger partial charge in [0.15, 0.2) is 0 Å². The average Bonchev–Trinajstić information content (AvgIpc) is 2.92. The Morgan fingerprint density at radius 2 is 1.56 bits per heavy atom. The Labute approximate surface area is 236 Å². The highest BCUT2D eigenvalue weighted by Crippen LogP contribution is 2.30. The molecule has 39 heavy (non-hydrogen) atoms. The van der Waals surface area contributed by atoms with Crippen molar-refractivity contribution in [2.24, 2.45) is 5.92 Å². The lowest BCUT2D eigenvalue weighted by atomic mass is 10.1. The highest BCUT2D eigenvalue weighted by atomic mass is 35.5. The largest absolute Gasteiger partial charge is 0.354 e. The van der Waals surface area contributed by atoms with Gasteiger partial charge in [-0.25, -0.2) is 8.42 Å². The zero-order valence-corrected chi connectivity index (χ0v) is 24.4. The molecular weight excluding hydrogens is 534 g/mol. The van der Waals surface area contributed by atoms with Crippen molar-refractivity contribution in [2.75, 3.05) is 17.4 Å². The Morgan fingerprint density at radius 1 is 0.949 bits per heavy atom. The highest BCUT2D eigenvalue weighted by molar-refractivity contribution is 7.92. The fourth-order valence-corrected chi connectivity index (χ4v) is 5.86. The molecule has 0 spiro atoms.